The molecule has 2 aromatic rings. The van der Waals surface area contributed by atoms with Gasteiger partial charge in [0.05, 0.1) is 5.56 Å². The summed E-state index contributed by atoms with van der Waals surface area (Å²) in [5, 5.41) is 0. The molecular weight excluding hydrogens is 249 g/mol. The van der Waals surface area contributed by atoms with Crippen LogP contribution in [0.1, 0.15) is 0 Å². The smallest absolute Gasteiger partial charge is 0.223 e. The third kappa shape index (κ3) is 1.55. The lowest BCUT2D eigenvalue weighted by atomic mass is 10.2. The van der Waals surface area contributed by atoms with Crippen molar-refractivity contribution in [2.24, 2.45) is 7.05 Å². The van der Waals surface area contributed by atoms with E-state index in [0.717, 1.165) is 4.47 Å². The van der Waals surface area contributed by atoms with E-state index in [1.807, 2.05) is 7.05 Å². The van der Waals surface area contributed by atoms with Crippen molar-refractivity contribution in [1.29, 1.82) is 0 Å². The van der Waals surface area contributed by atoms with E-state index < -0.39 is 5.95 Å². The van der Waals surface area contributed by atoms with Gasteiger partial charge >= 0.3 is 0 Å². The van der Waals surface area contributed by atoms with Gasteiger partial charge in [0, 0.05) is 30.1 Å². The van der Waals surface area contributed by atoms with Crippen LogP contribution >= 0.6 is 15.9 Å². The third-order valence-corrected chi connectivity index (χ3v) is 2.30. The van der Waals surface area contributed by atoms with Crippen LogP contribution in [-0.2, 0) is 7.05 Å². The van der Waals surface area contributed by atoms with Gasteiger partial charge in [0.2, 0.25) is 5.95 Å². The SMILES string of the molecule is Cn1ccnc1-c1cc(Br)cnc1F. The molecule has 3 nitrogen and oxygen atoms in total. The van der Waals surface area contributed by atoms with Gasteiger partial charge in [-0.2, -0.15) is 4.39 Å². The van der Waals surface area contributed by atoms with Gasteiger partial charge in [-0.15, -0.1) is 0 Å². The van der Waals surface area contributed by atoms with Crippen LogP contribution in [0, 0.1) is 5.95 Å². The quantitative estimate of drug-likeness (QED) is 0.733. The summed E-state index contributed by atoms with van der Waals surface area (Å²) in [6, 6.07) is 1.66. The van der Waals surface area contributed by atoms with E-state index in [-0.39, 0.29) is 0 Å². The first kappa shape index (κ1) is 9.33. The van der Waals surface area contributed by atoms with Gasteiger partial charge in [0.1, 0.15) is 5.82 Å². The molecule has 2 rings (SSSR count). The second-order valence-corrected chi connectivity index (χ2v) is 3.77. The Morgan fingerprint density at radius 3 is 2.86 bits per heavy atom. The average Bonchev–Trinajstić information content (AvgIpc) is 2.56. The van der Waals surface area contributed by atoms with Crippen molar-refractivity contribution >= 4 is 15.9 Å². The van der Waals surface area contributed by atoms with Crippen molar-refractivity contribution in [3.8, 4) is 11.4 Å². The molecule has 0 unspecified atom stereocenters. The van der Waals surface area contributed by atoms with Crippen LogP contribution in [-0.4, -0.2) is 14.5 Å². The molecule has 0 radical (unpaired) electrons. The van der Waals surface area contributed by atoms with E-state index in [1.54, 1.807) is 23.0 Å². The van der Waals surface area contributed by atoms with Gasteiger partial charge in [0.25, 0.3) is 0 Å². The molecule has 0 atom stereocenters. The highest BCUT2D eigenvalue weighted by Gasteiger charge is 2.10. The van der Waals surface area contributed by atoms with Crippen LogP contribution in [0.4, 0.5) is 4.39 Å². The average molecular weight is 256 g/mol. The van der Waals surface area contributed by atoms with Crippen molar-refractivity contribution in [1.82, 2.24) is 14.5 Å². The fraction of sp³-hybridized carbons (Fsp3) is 0.111. The van der Waals surface area contributed by atoms with E-state index in [4.69, 9.17) is 0 Å². The fourth-order valence-corrected chi connectivity index (χ4v) is 1.54. The lowest BCUT2D eigenvalue weighted by molar-refractivity contribution is 0.585. The van der Waals surface area contributed by atoms with Gasteiger partial charge in [-0.1, -0.05) is 0 Å². The van der Waals surface area contributed by atoms with E-state index in [9.17, 15) is 4.39 Å². The molecule has 0 bridgehead atoms. The molecular formula is C9H7BrFN3. The molecule has 0 spiro atoms. The number of hydrogen-bond acceptors (Lipinski definition) is 2. The van der Waals surface area contributed by atoms with Crippen LogP contribution in [0.2, 0.25) is 0 Å². The molecule has 2 aromatic heterocycles. The summed E-state index contributed by atoms with van der Waals surface area (Å²) in [6.45, 7) is 0. The molecule has 0 N–H and O–H groups in total. The summed E-state index contributed by atoms with van der Waals surface area (Å²) in [7, 11) is 1.81. The lowest BCUT2D eigenvalue weighted by Crippen LogP contribution is -1.96. The van der Waals surface area contributed by atoms with Gasteiger partial charge < -0.3 is 4.57 Å². The second-order valence-electron chi connectivity index (χ2n) is 2.85. The molecule has 0 fully saturated rings. The summed E-state index contributed by atoms with van der Waals surface area (Å²) in [5.74, 6) is 0.0544. The summed E-state index contributed by atoms with van der Waals surface area (Å²) in [4.78, 5) is 7.66. The predicted octanol–water partition coefficient (Wildman–Crippen LogP) is 2.38. The summed E-state index contributed by atoms with van der Waals surface area (Å²) in [6.07, 6.45) is 4.80. The minimum atomic E-state index is -0.512. The number of aryl methyl sites for hydroxylation is 1. The van der Waals surface area contributed by atoms with Crippen molar-refractivity contribution in [2.75, 3.05) is 0 Å². The number of rotatable bonds is 1. The molecule has 0 aromatic carbocycles. The Bertz CT molecular complexity index is 467. The molecule has 0 saturated heterocycles. The number of imidazole rings is 1. The molecule has 0 aliphatic carbocycles. The molecule has 2 heterocycles. The number of nitrogens with zero attached hydrogens (tertiary/aromatic N) is 3. The number of pyridine rings is 1. The monoisotopic (exact) mass is 255 g/mol. The molecule has 14 heavy (non-hydrogen) atoms. The van der Waals surface area contributed by atoms with Gasteiger partial charge in [-0.05, 0) is 22.0 Å². The maximum atomic E-state index is 13.3. The van der Waals surface area contributed by atoms with Crippen LogP contribution in [0.3, 0.4) is 0 Å². The second kappa shape index (κ2) is 3.49. The zero-order valence-electron chi connectivity index (χ0n) is 7.41. The number of halogens is 2. The summed E-state index contributed by atoms with van der Waals surface area (Å²) in [5.41, 5.74) is 0.395. The standard InChI is InChI=1S/C9H7BrFN3/c1-14-3-2-12-9(14)7-4-6(10)5-13-8(7)11/h2-5H,1H3. The zero-order valence-corrected chi connectivity index (χ0v) is 8.99. The first-order valence-electron chi connectivity index (χ1n) is 3.97. The minimum Gasteiger partial charge on any atom is -0.334 e. The Labute approximate surface area is 88.7 Å². The molecule has 5 heteroatoms. The highest BCUT2D eigenvalue weighted by Crippen LogP contribution is 2.22. The Morgan fingerprint density at radius 2 is 2.21 bits per heavy atom. The normalized spacial score (nSPS) is 10.5. The predicted molar refractivity (Wildman–Crippen MR) is 54.1 cm³/mol. The van der Waals surface area contributed by atoms with E-state index in [0.29, 0.717) is 11.4 Å². The Morgan fingerprint density at radius 1 is 1.43 bits per heavy atom. The van der Waals surface area contributed by atoms with Crippen LogP contribution in [0.15, 0.2) is 29.1 Å². The molecule has 72 valence electrons. The first-order valence-corrected chi connectivity index (χ1v) is 4.76. The van der Waals surface area contributed by atoms with Crippen molar-refractivity contribution in [3.63, 3.8) is 0 Å². The van der Waals surface area contributed by atoms with Crippen molar-refractivity contribution < 1.29 is 4.39 Å². The maximum Gasteiger partial charge on any atom is 0.223 e. The van der Waals surface area contributed by atoms with Crippen LogP contribution in [0.25, 0.3) is 11.4 Å². The van der Waals surface area contributed by atoms with Crippen molar-refractivity contribution in [3.05, 3.63) is 35.1 Å². The van der Waals surface area contributed by atoms with Gasteiger partial charge in [-0.25, -0.2) is 9.97 Å². The Balaban J connectivity index is 2.62. The first-order chi connectivity index (χ1) is 6.68. The van der Waals surface area contributed by atoms with Crippen molar-refractivity contribution in [2.45, 2.75) is 0 Å². The largest absolute Gasteiger partial charge is 0.334 e. The molecule has 0 aliphatic rings. The molecule has 0 aliphatic heterocycles. The zero-order chi connectivity index (χ0) is 10.1. The van der Waals surface area contributed by atoms with Crippen LogP contribution < -0.4 is 0 Å². The Kier molecular flexibility index (Phi) is 2.33. The summed E-state index contributed by atoms with van der Waals surface area (Å²) >= 11 is 3.24. The van der Waals surface area contributed by atoms with E-state index in [2.05, 4.69) is 25.9 Å². The van der Waals surface area contributed by atoms with Gasteiger partial charge in [0.15, 0.2) is 0 Å². The van der Waals surface area contributed by atoms with Gasteiger partial charge in [-0.3, -0.25) is 0 Å². The molecule has 0 saturated carbocycles. The topological polar surface area (TPSA) is 30.7 Å². The number of hydrogen-bond donors (Lipinski definition) is 0. The number of aromatic nitrogens is 3. The highest BCUT2D eigenvalue weighted by molar-refractivity contribution is 9.10. The summed E-state index contributed by atoms with van der Waals surface area (Å²) < 4.78 is 15.8. The maximum absolute atomic E-state index is 13.3. The van der Waals surface area contributed by atoms with E-state index in [1.165, 1.54) is 6.20 Å². The fourth-order valence-electron chi connectivity index (χ4n) is 1.20. The third-order valence-electron chi connectivity index (χ3n) is 1.87. The van der Waals surface area contributed by atoms with Crippen LogP contribution in [0.5, 0.6) is 0 Å². The highest BCUT2D eigenvalue weighted by atomic mass is 79.9. The minimum absolute atomic E-state index is 0.395. The lowest BCUT2D eigenvalue weighted by Gasteiger charge is -2.02. The molecule has 0 amide bonds. The Hall–Kier alpha value is -1.23. The van der Waals surface area contributed by atoms with E-state index >= 15 is 0 Å².